The fourth-order valence-electron chi connectivity index (χ4n) is 2.37. The quantitative estimate of drug-likeness (QED) is 0.642. The van der Waals surface area contributed by atoms with Crippen LogP contribution in [-0.2, 0) is 4.74 Å². The minimum Gasteiger partial charge on any atom is -0.496 e. The van der Waals surface area contributed by atoms with Crippen LogP contribution in [0.25, 0.3) is 0 Å². The van der Waals surface area contributed by atoms with E-state index >= 15 is 0 Å². The van der Waals surface area contributed by atoms with Crippen LogP contribution in [-0.4, -0.2) is 26.0 Å². The van der Waals surface area contributed by atoms with E-state index < -0.39 is 5.97 Å². The molecule has 0 aliphatic carbocycles. The maximum absolute atomic E-state index is 12.9. The Bertz CT molecular complexity index is 732. The lowest BCUT2D eigenvalue weighted by Gasteiger charge is -2.13. The Labute approximate surface area is 129 Å². The minimum absolute atomic E-state index is 0.254. The van der Waals surface area contributed by atoms with E-state index in [0.29, 0.717) is 16.9 Å². The average Bonchev–Trinajstić information content (AvgIpc) is 2.53. The maximum atomic E-state index is 12.9. The van der Waals surface area contributed by atoms with Crippen molar-refractivity contribution in [3.8, 4) is 5.75 Å². The molecule has 2 aromatic carbocycles. The van der Waals surface area contributed by atoms with E-state index in [2.05, 4.69) is 0 Å². The highest BCUT2D eigenvalue weighted by Gasteiger charge is 2.23. The molecule has 2 rings (SSSR count). The summed E-state index contributed by atoms with van der Waals surface area (Å²) in [5.74, 6) is -0.294. The number of hydrogen-bond donors (Lipinski definition) is 0. The summed E-state index contributed by atoms with van der Waals surface area (Å²) in [7, 11) is 2.82. The normalized spacial score (nSPS) is 10.2. The molecule has 0 saturated heterocycles. The molecule has 4 nitrogen and oxygen atoms in total. The van der Waals surface area contributed by atoms with Crippen molar-refractivity contribution in [3.05, 3.63) is 64.2 Å². The van der Waals surface area contributed by atoms with E-state index in [1.54, 1.807) is 37.3 Å². The van der Waals surface area contributed by atoms with E-state index in [4.69, 9.17) is 9.47 Å². The van der Waals surface area contributed by atoms with Crippen molar-refractivity contribution in [3.63, 3.8) is 0 Å². The highest BCUT2D eigenvalue weighted by molar-refractivity contribution is 6.16. The second kappa shape index (κ2) is 6.43. The third-order valence-corrected chi connectivity index (χ3v) is 3.51. The molecule has 0 amide bonds. The minimum atomic E-state index is -0.530. The van der Waals surface area contributed by atoms with Crippen LogP contribution in [0.4, 0.5) is 0 Å². The molecule has 0 bridgehead atoms. The summed E-state index contributed by atoms with van der Waals surface area (Å²) >= 11 is 0. The van der Waals surface area contributed by atoms with Crippen LogP contribution in [0.5, 0.6) is 5.75 Å². The van der Waals surface area contributed by atoms with Crippen molar-refractivity contribution >= 4 is 11.8 Å². The van der Waals surface area contributed by atoms with E-state index in [-0.39, 0.29) is 11.3 Å². The van der Waals surface area contributed by atoms with E-state index in [1.165, 1.54) is 14.2 Å². The van der Waals surface area contributed by atoms with Crippen molar-refractivity contribution in [2.45, 2.75) is 13.8 Å². The van der Waals surface area contributed by atoms with Gasteiger partial charge in [0.05, 0.1) is 25.3 Å². The summed E-state index contributed by atoms with van der Waals surface area (Å²) < 4.78 is 10.1. The third-order valence-electron chi connectivity index (χ3n) is 3.51. The summed E-state index contributed by atoms with van der Waals surface area (Å²) in [5.41, 5.74) is 2.74. The van der Waals surface area contributed by atoms with Gasteiger partial charge in [0.25, 0.3) is 0 Å². The molecule has 0 atom stereocenters. The van der Waals surface area contributed by atoms with Gasteiger partial charge in [-0.05, 0) is 43.2 Å². The third kappa shape index (κ3) is 2.86. The zero-order valence-corrected chi connectivity index (χ0v) is 13.1. The Morgan fingerprint density at radius 1 is 0.955 bits per heavy atom. The van der Waals surface area contributed by atoms with Gasteiger partial charge >= 0.3 is 5.97 Å². The van der Waals surface area contributed by atoms with Crippen molar-refractivity contribution in [1.82, 2.24) is 0 Å². The molecule has 0 N–H and O–H groups in total. The van der Waals surface area contributed by atoms with Crippen LogP contribution in [0.2, 0.25) is 0 Å². The monoisotopic (exact) mass is 298 g/mol. The lowest BCUT2D eigenvalue weighted by Crippen LogP contribution is -2.14. The first-order valence-corrected chi connectivity index (χ1v) is 6.87. The molecule has 0 radical (unpaired) electrons. The Morgan fingerprint density at radius 2 is 1.68 bits per heavy atom. The predicted molar refractivity (Wildman–Crippen MR) is 83.7 cm³/mol. The fraction of sp³-hybridized carbons (Fsp3) is 0.222. The molecule has 4 heteroatoms. The Morgan fingerprint density at radius 3 is 2.32 bits per heavy atom. The molecule has 0 fully saturated rings. The lowest BCUT2D eigenvalue weighted by molar-refractivity contribution is 0.0597. The first-order chi connectivity index (χ1) is 10.5. The van der Waals surface area contributed by atoms with Gasteiger partial charge in [0.15, 0.2) is 5.78 Å². The number of rotatable bonds is 4. The highest BCUT2D eigenvalue weighted by Crippen LogP contribution is 2.26. The Kier molecular flexibility index (Phi) is 4.61. The second-order valence-corrected chi connectivity index (χ2v) is 5.02. The van der Waals surface area contributed by atoms with Gasteiger partial charge in [-0.1, -0.05) is 18.2 Å². The van der Waals surface area contributed by atoms with Crippen LogP contribution >= 0.6 is 0 Å². The summed E-state index contributed by atoms with van der Waals surface area (Å²) in [6, 6.07) is 10.5. The van der Waals surface area contributed by atoms with Crippen LogP contribution in [0.3, 0.4) is 0 Å². The summed E-state index contributed by atoms with van der Waals surface area (Å²) in [6.45, 7) is 3.71. The molecule has 22 heavy (non-hydrogen) atoms. The largest absolute Gasteiger partial charge is 0.496 e. The van der Waals surface area contributed by atoms with E-state index in [0.717, 1.165) is 11.1 Å². The van der Waals surface area contributed by atoms with Gasteiger partial charge < -0.3 is 9.47 Å². The van der Waals surface area contributed by atoms with Crippen molar-refractivity contribution in [2.75, 3.05) is 14.2 Å². The van der Waals surface area contributed by atoms with E-state index in [1.807, 2.05) is 13.0 Å². The standard InChI is InChI=1S/C18H18O4/c1-11-8-9-13(15(10-11)21-3)17(19)16-12(2)6-5-7-14(16)18(20)22-4/h5-10H,1-4H3. The van der Waals surface area contributed by atoms with Crippen molar-refractivity contribution < 1.29 is 19.1 Å². The lowest BCUT2D eigenvalue weighted by atomic mass is 9.93. The smallest absolute Gasteiger partial charge is 0.338 e. The number of ketones is 1. The number of hydrogen-bond acceptors (Lipinski definition) is 4. The maximum Gasteiger partial charge on any atom is 0.338 e. The number of aryl methyl sites for hydroxylation is 2. The molecule has 0 heterocycles. The SMILES string of the molecule is COC(=O)c1cccc(C)c1C(=O)c1ccc(C)cc1OC. The van der Waals surface area contributed by atoms with Gasteiger partial charge in [-0.3, -0.25) is 4.79 Å². The molecule has 114 valence electrons. The van der Waals surface area contributed by atoms with Crippen molar-refractivity contribution in [2.24, 2.45) is 0 Å². The summed E-state index contributed by atoms with van der Waals surface area (Å²) in [6.07, 6.45) is 0. The zero-order valence-electron chi connectivity index (χ0n) is 13.1. The zero-order chi connectivity index (χ0) is 16.3. The van der Waals surface area contributed by atoms with Gasteiger partial charge in [0.1, 0.15) is 5.75 Å². The number of carbonyl (C=O) groups is 2. The Balaban J connectivity index is 2.62. The molecule has 0 aliphatic rings. The predicted octanol–water partition coefficient (Wildman–Crippen LogP) is 3.33. The fourth-order valence-corrected chi connectivity index (χ4v) is 2.37. The molecule has 0 aliphatic heterocycles. The van der Waals surface area contributed by atoms with Gasteiger partial charge in [0.2, 0.25) is 0 Å². The number of esters is 1. The topological polar surface area (TPSA) is 52.6 Å². The van der Waals surface area contributed by atoms with Crippen LogP contribution < -0.4 is 4.74 Å². The molecule has 2 aromatic rings. The van der Waals surface area contributed by atoms with Gasteiger partial charge in [-0.25, -0.2) is 4.79 Å². The average molecular weight is 298 g/mol. The molecule has 0 spiro atoms. The number of ether oxygens (including phenoxy) is 2. The molecule has 0 unspecified atom stereocenters. The van der Waals surface area contributed by atoms with Crippen LogP contribution in [0, 0.1) is 13.8 Å². The molecular formula is C18H18O4. The number of benzene rings is 2. The number of methoxy groups -OCH3 is 2. The first kappa shape index (κ1) is 15.8. The molecule has 0 saturated carbocycles. The highest BCUT2D eigenvalue weighted by atomic mass is 16.5. The van der Waals surface area contributed by atoms with Crippen molar-refractivity contribution in [1.29, 1.82) is 0 Å². The first-order valence-electron chi connectivity index (χ1n) is 6.87. The van der Waals surface area contributed by atoms with Gasteiger partial charge in [-0.15, -0.1) is 0 Å². The second-order valence-electron chi connectivity index (χ2n) is 5.02. The number of carbonyl (C=O) groups excluding carboxylic acids is 2. The summed E-state index contributed by atoms with van der Waals surface area (Å²) in [5, 5.41) is 0. The van der Waals surface area contributed by atoms with Gasteiger partial charge in [-0.2, -0.15) is 0 Å². The van der Waals surface area contributed by atoms with E-state index in [9.17, 15) is 9.59 Å². The van der Waals surface area contributed by atoms with Gasteiger partial charge in [0, 0.05) is 5.56 Å². The summed E-state index contributed by atoms with van der Waals surface area (Å²) in [4.78, 5) is 24.8. The molecule has 0 aromatic heterocycles. The van der Waals surface area contributed by atoms with Crippen LogP contribution in [0.1, 0.15) is 37.4 Å². The molecular weight excluding hydrogens is 280 g/mol. The van der Waals surface area contributed by atoms with Crippen LogP contribution in [0.15, 0.2) is 36.4 Å². The Hall–Kier alpha value is -2.62.